The first kappa shape index (κ1) is 7.84. The van der Waals surface area contributed by atoms with Gasteiger partial charge < -0.3 is 4.42 Å². The van der Waals surface area contributed by atoms with Gasteiger partial charge >= 0.3 is 5.92 Å². The number of rotatable bonds is 2. The fourth-order valence-corrected chi connectivity index (χ4v) is 0.542. The summed E-state index contributed by atoms with van der Waals surface area (Å²) >= 11 is 0. The molecule has 1 heterocycles. The van der Waals surface area contributed by atoms with Crippen LogP contribution in [0.5, 0.6) is 0 Å². The Morgan fingerprint density at radius 2 is 2.36 bits per heavy atom. The van der Waals surface area contributed by atoms with Gasteiger partial charge in [0.15, 0.2) is 6.29 Å². The number of hydrogen-bond donors (Lipinski definition) is 0. The highest BCUT2D eigenvalue weighted by atomic mass is 19.3. The quantitative estimate of drug-likeness (QED) is 0.618. The summed E-state index contributed by atoms with van der Waals surface area (Å²) in [7, 11) is 0. The van der Waals surface area contributed by atoms with Crippen molar-refractivity contribution in [1.82, 2.24) is 4.98 Å². The summed E-state index contributed by atoms with van der Waals surface area (Å²) in [4.78, 5) is 13.2. The van der Waals surface area contributed by atoms with E-state index >= 15 is 0 Å². The number of carbonyl (C=O) groups excluding carboxylic acids is 1. The lowest BCUT2D eigenvalue weighted by atomic mass is 10.4. The Labute approximate surface area is 61.0 Å². The van der Waals surface area contributed by atoms with E-state index in [4.69, 9.17) is 0 Å². The number of carbonyl (C=O) groups is 1. The fraction of sp³-hybridized carbons (Fsp3) is 0.333. The molecule has 0 fully saturated rings. The van der Waals surface area contributed by atoms with Gasteiger partial charge in [-0.25, -0.2) is 4.98 Å². The number of aldehydes is 1. The number of hydrogen-bond acceptors (Lipinski definition) is 3. The monoisotopic (exact) mass is 161 g/mol. The first-order chi connectivity index (χ1) is 5.04. The summed E-state index contributed by atoms with van der Waals surface area (Å²) in [6, 6.07) is 0. The summed E-state index contributed by atoms with van der Waals surface area (Å²) in [5.41, 5.74) is -0.124. The van der Waals surface area contributed by atoms with Gasteiger partial charge in [0.1, 0.15) is 12.0 Å². The lowest BCUT2D eigenvalue weighted by Gasteiger charge is -2.01. The zero-order valence-electron chi connectivity index (χ0n) is 5.67. The molecule has 0 amide bonds. The SMILES string of the molecule is CC(F)(F)c1nc(C=O)co1. The van der Waals surface area contributed by atoms with Crippen LogP contribution in [0.1, 0.15) is 23.3 Å². The van der Waals surface area contributed by atoms with Crippen LogP contribution in [0.3, 0.4) is 0 Å². The minimum Gasteiger partial charge on any atom is -0.443 e. The molecule has 0 aliphatic heterocycles. The molecule has 0 unspecified atom stereocenters. The molecule has 60 valence electrons. The molecular formula is C6H5F2NO2. The van der Waals surface area contributed by atoms with E-state index in [2.05, 4.69) is 9.40 Å². The summed E-state index contributed by atoms with van der Waals surface area (Å²) in [6.45, 7) is 0.646. The minimum absolute atomic E-state index is 0.124. The largest absolute Gasteiger partial charge is 0.443 e. The van der Waals surface area contributed by atoms with Crippen molar-refractivity contribution < 1.29 is 18.0 Å². The Bertz CT molecular complexity index is 264. The lowest BCUT2D eigenvalue weighted by Crippen LogP contribution is -2.07. The first-order valence-corrected chi connectivity index (χ1v) is 2.83. The molecular weight excluding hydrogens is 156 g/mol. The maximum atomic E-state index is 12.3. The molecule has 0 aliphatic carbocycles. The molecule has 0 saturated heterocycles. The predicted molar refractivity (Wildman–Crippen MR) is 31.5 cm³/mol. The number of halogens is 2. The van der Waals surface area contributed by atoms with Gasteiger partial charge in [-0.05, 0) is 0 Å². The Kier molecular flexibility index (Phi) is 1.72. The van der Waals surface area contributed by atoms with Crippen LogP contribution in [-0.2, 0) is 5.92 Å². The molecule has 0 aliphatic rings. The van der Waals surface area contributed by atoms with Gasteiger partial charge in [-0.2, -0.15) is 8.78 Å². The van der Waals surface area contributed by atoms with E-state index in [0.717, 1.165) is 6.26 Å². The van der Waals surface area contributed by atoms with Crippen LogP contribution in [0, 0.1) is 0 Å². The molecule has 0 bridgehead atoms. The van der Waals surface area contributed by atoms with E-state index in [1.807, 2.05) is 0 Å². The van der Waals surface area contributed by atoms with Crippen LogP contribution in [0.15, 0.2) is 10.7 Å². The highest BCUT2D eigenvalue weighted by Crippen LogP contribution is 2.25. The van der Waals surface area contributed by atoms with Crippen LogP contribution in [0.2, 0.25) is 0 Å². The Morgan fingerprint density at radius 1 is 1.73 bits per heavy atom. The summed E-state index contributed by atoms with van der Waals surface area (Å²) < 4.78 is 29.0. The molecule has 0 spiro atoms. The maximum Gasteiger partial charge on any atom is 0.319 e. The highest BCUT2D eigenvalue weighted by Gasteiger charge is 2.30. The second-order valence-electron chi connectivity index (χ2n) is 2.08. The zero-order valence-corrected chi connectivity index (χ0v) is 5.67. The van der Waals surface area contributed by atoms with Crippen molar-refractivity contribution in [2.45, 2.75) is 12.8 Å². The van der Waals surface area contributed by atoms with Crippen LogP contribution in [0.25, 0.3) is 0 Å². The Balaban J connectivity index is 2.98. The van der Waals surface area contributed by atoms with Crippen LogP contribution in [0.4, 0.5) is 8.78 Å². The topological polar surface area (TPSA) is 43.1 Å². The molecule has 3 nitrogen and oxygen atoms in total. The van der Waals surface area contributed by atoms with Crippen molar-refractivity contribution in [2.75, 3.05) is 0 Å². The number of alkyl halides is 2. The van der Waals surface area contributed by atoms with Gasteiger partial charge in [0, 0.05) is 6.92 Å². The van der Waals surface area contributed by atoms with E-state index in [0.29, 0.717) is 13.2 Å². The van der Waals surface area contributed by atoms with E-state index in [-0.39, 0.29) is 5.69 Å². The van der Waals surface area contributed by atoms with Crippen molar-refractivity contribution in [3.63, 3.8) is 0 Å². The zero-order chi connectivity index (χ0) is 8.48. The van der Waals surface area contributed by atoms with Gasteiger partial charge in [0.05, 0.1) is 0 Å². The van der Waals surface area contributed by atoms with E-state index in [1.54, 1.807) is 0 Å². The number of aromatic nitrogens is 1. The fourth-order valence-electron chi connectivity index (χ4n) is 0.542. The van der Waals surface area contributed by atoms with Crippen molar-refractivity contribution >= 4 is 6.29 Å². The second kappa shape index (κ2) is 2.41. The van der Waals surface area contributed by atoms with Gasteiger partial charge in [-0.3, -0.25) is 4.79 Å². The average Bonchev–Trinajstić information content (AvgIpc) is 2.32. The third-order valence-corrected chi connectivity index (χ3v) is 1.02. The Morgan fingerprint density at radius 3 is 2.64 bits per heavy atom. The number of nitrogens with zero attached hydrogens (tertiary/aromatic N) is 1. The first-order valence-electron chi connectivity index (χ1n) is 2.83. The molecule has 0 atom stereocenters. The maximum absolute atomic E-state index is 12.3. The van der Waals surface area contributed by atoms with Gasteiger partial charge in [-0.1, -0.05) is 0 Å². The van der Waals surface area contributed by atoms with E-state index < -0.39 is 11.8 Å². The molecule has 5 heteroatoms. The van der Waals surface area contributed by atoms with Gasteiger partial charge in [0.2, 0.25) is 0 Å². The highest BCUT2D eigenvalue weighted by molar-refractivity contribution is 5.70. The average molecular weight is 161 g/mol. The lowest BCUT2D eigenvalue weighted by molar-refractivity contribution is -0.0109. The van der Waals surface area contributed by atoms with Crippen molar-refractivity contribution in [3.8, 4) is 0 Å². The third kappa shape index (κ3) is 1.60. The molecule has 1 aromatic heterocycles. The molecule has 1 rings (SSSR count). The summed E-state index contributed by atoms with van der Waals surface area (Å²) in [5.74, 6) is -3.86. The minimum atomic E-state index is -3.12. The standard InChI is InChI=1S/C6H5F2NO2/c1-6(7,8)5-9-4(2-10)3-11-5/h2-3H,1H3. The van der Waals surface area contributed by atoms with Crippen molar-refractivity contribution in [2.24, 2.45) is 0 Å². The van der Waals surface area contributed by atoms with Crippen LogP contribution >= 0.6 is 0 Å². The van der Waals surface area contributed by atoms with Crippen LogP contribution in [-0.4, -0.2) is 11.3 Å². The summed E-state index contributed by atoms with van der Waals surface area (Å²) in [6.07, 6.45) is 1.23. The molecule has 0 radical (unpaired) electrons. The van der Waals surface area contributed by atoms with Crippen LogP contribution < -0.4 is 0 Å². The molecule has 0 aromatic carbocycles. The molecule has 11 heavy (non-hydrogen) atoms. The van der Waals surface area contributed by atoms with Crippen molar-refractivity contribution in [1.29, 1.82) is 0 Å². The molecule has 0 N–H and O–H groups in total. The normalized spacial score (nSPS) is 11.5. The predicted octanol–water partition coefficient (Wildman–Crippen LogP) is 1.60. The third-order valence-electron chi connectivity index (χ3n) is 1.02. The van der Waals surface area contributed by atoms with Crippen molar-refractivity contribution in [3.05, 3.63) is 17.8 Å². The molecule has 0 saturated carbocycles. The van der Waals surface area contributed by atoms with Gasteiger partial charge in [0.25, 0.3) is 5.89 Å². The number of oxazole rings is 1. The van der Waals surface area contributed by atoms with E-state index in [9.17, 15) is 13.6 Å². The molecule has 1 aromatic rings. The van der Waals surface area contributed by atoms with Gasteiger partial charge in [-0.15, -0.1) is 0 Å². The second-order valence-corrected chi connectivity index (χ2v) is 2.08. The summed E-state index contributed by atoms with van der Waals surface area (Å²) in [5, 5.41) is 0. The Hall–Kier alpha value is -1.26. The van der Waals surface area contributed by atoms with E-state index in [1.165, 1.54) is 0 Å². The smallest absolute Gasteiger partial charge is 0.319 e.